The maximum atomic E-state index is 12.8. The van der Waals surface area contributed by atoms with Crippen molar-refractivity contribution >= 4 is 29.3 Å². The number of benzene rings is 2. The van der Waals surface area contributed by atoms with E-state index in [1.807, 2.05) is 4.90 Å². The van der Waals surface area contributed by atoms with Crippen LogP contribution in [0.2, 0.25) is 5.02 Å². The molecule has 0 aliphatic carbocycles. The Morgan fingerprint density at radius 2 is 2.00 bits per heavy atom. The molecule has 3 rings (SSSR count). The van der Waals surface area contributed by atoms with Crippen LogP contribution in [0, 0.1) is 10.1 Å². The smallest absolute Gasteiger partial charge is 0.416 e. The van der Waals surface area contributed by atoms with Gasteiger partial charge in [-0.3, -0.25) is 20.0 Å². The summed E-state index contributed by atoms with van der Waals surface area (Å²) in [5, 5.41) is 11.1. The molecule has 2 aromatic carbocycles. The maximum Gasteiger partial charge on any atom is 0.416 e. The minimum absolute atomic E-state index is 0.00102. The van der Waals surface area contributed by atoms with Gasteiger partial charge in [-0.15, -0.1) is 0 Å². The zero-order valence-electron chi connectivity index (χ0n) is 14.5. The molecule has 0 fully saturated rings. The number of nitro benzene ring substituents is 1. The van der Waals surface area contributed by atoms with Gasteiger partial charge in [0.25, 0.3) is 5.69 Å². The normalized spacial score (nSPS) is 15.0. The Labute approximate surface area is 162 Å². The van der Waals surface area contributed by atoms with Gasteiger partial charge in [-0.25, -0.2) is 0 Å². The number of alkyl halides is 3. The molecule has 1 aliphatic rings. The lowest BCUT2D eigenvalue weighted by Gasteiger charge is -2.28. The highest BCUT2D eigenvalue weighted by molar-refractivity contribution is 6.32. The van der Waals surface area contributed by atoms with Gasteiger partial charge < -0.3 is 9.64 Å². The van der Waals surface area contributed by atoms with E-state index in [1.54, 1.807) is 11.9 Å². The molecule has 0 unspecified atom stereocenters. The molecule has 0 saturated carbocycles. The summed E-state index contributed by atoms with van der Waals surface area (Å²) in [5.41, 5.74) is -0.824. The molecule has 1 aliphatic heterocycles. The molecule has 1 heterocycles. The topological polar surface area (TPSA) is 71.2 Å². The van der Waals surface area contributed by atoms with E-state index in [0.717, 1.165) is 18.2 Å². The third-order valence-electron chi connectivity index (χ3n) is 3.88. The summed E-state index contributed by atoms with van der Waals surface area (Å²) in [6.45, 7) is 0.830. The lowest BCUT2D eigenvalue weighted by atomic mass is 10.2. The van der Waals surface area contributed by atoms with Crippen LogP contribution in [-0.2, 0) is 6.18 Å². The summed E-state index contributed by atoms with van der Waals surface area (Å²) in [7, 11) is 1.80. The molecule has 28 heavy (non-hydrogen) atoms. The number of nitrogens with zero attached hydrogens (tertiary/aromatic N) is 4. The highest BCUT2D eigenvalue weighted by Gasteiger charge is 2.31. The van der Waals surface area contributed by atoms with Crippen LogP contribution in [0.25, 0.3) is 0 Å². The van der Waals surface area contributed by atoms with Gasteiger partial charge >= 0.3 is 6.18 Å². The summed E-state index contributed by atoms with van der Waals surface area (Å²) in [6.07, 6.45) is -3.04. The Morgan fingerprint density at radius 1 is 1.25 bits per heavy atom. The molecule has 0 aromatic heterocycles. The molecule has 0 N–H and O–H groups in total. The molecular weight excluding hydrogens is 401 g/mol. The van der Waals surface area contributed by atoms with Gasteiger partial charge in [0, 0.05) is 12.1 Å². The Bertz CT molecular complexity index is 936. The number of ether oxygens (including phenoxy) is 1. The summed E-state index contributed by atoms with van der Waals surface area (Å²) < 4.78 is 43.8. The van der Waals surface area contributed by atoms with Crippen molar-refractivity contribution in [2.24, 2.45) is 4.99 Å². The fourth-order valence-electron chi connectivity index (χ4n) is 2.59. The minimum atomic E-state index is -4.53. The first-order valence-electron chi connectivity index (χ1n) is 7.93. The second-order valence-corrected chi connectivity index (χ2v) is 6.47. The number of hydrogen-bond acceptors (Lipinski definition) is 6. The van der Waals surface area contributed by atoms with Crippen molar-refractivity contribution in [1.82, 2.24) is 4.90 Å². The van der Waals surface area contributed by atoms with Crippen LogP contribution >= 0.6 is 11.6 Å². The molecule has 0 amide bonds. The first-order chi connectivity index (χ1) is 13.1. The average molecular weight is 415 g/mol. The number of hydrogen-bond donors (Lipinski definition) is 0. The number of nitro groups is 1. The molecule has 0 atom stereocenters. The Morgan fingerprint density at radius 3 is 2.61 bits per heavy atom. The summed E-state index contributed by atoms with van der Waals surface area (Å²) in [5.74, 6) is 0.183. The predicted molar refractivity (Wildman–Crippen MR) is 98.1 cm³/mol. The number of anilines is 1. The average Bonchev–Trinajstić information content (AvgIpc) is 2.62. The molecular formula is C17H14ClF3N4O3. The van der Waals surface area contributed by atoms with Crippen molar-refractivity contribution in [1.29, 1.82) is 0 Å². The van der Waals surface area contributed by atoms with E-state index >= 15 is 0 Å². The monoisotopic (exact) mass is 414 g/mol. The van der Waals surface area contributed by atoms with E-state index in [-0.39, 0.29) is 27.9 Å². The minimum Gasteiger partial charge on any atom is -0.456 e. The van der Waals surface area contributed by atoms with Gasteiger partial charge in [0.1, 0.15) is 17.2 Å². The Balaban J connectivity index is 1.93. The molecule has 0 spiro atoms. The molecule has 0 radical (unpaired) electrons. The fourth-order valence-corrected chi connectivity index (χ4v) is 2.81. The van der Waals surface area contributed by atoms with Crippen LogP contribution in [0.3, 0.4) is 0 Å². The third-order valence-corrected chi connectivity index (χ3v) is 4.17. The molecule has 0 saturated heterocycles. The van der Waals surface area contributed by atoms with E-state index in [0.29, 0.717) is 13.3 Å². The van der Waals surface area contributed by atoms with Crippen LogP contribution in [-0.4, -0.2) is 36.5 Å². The van der Waals surface area contributed by atoms with E-state index in [1.165, 1.54) is 24.5 Å². The SMILES string of the molecule is CN1CN=CN(c2cc(Oc3ccc(C(F)(F)F)cc3Cl)ccc2[N+](=O)[O-])C1. The second kappa shape index (κ2) is 7.64. The van der Waals surface area contributed by atoms with Gasteiger partial charge in [0.05, 0.1) is 35.2 Å². The van der Waals surface area contributed by atoms with E-state index in [9.17, 15) is 23.3 Å². The van der Waals surface area contributed by atoms with Crippen molar-refractivity contribution in [2.45, 2.75) is 6.18 Å². The predicted octanol–water partition coefficient (Wildman–Crippen LogP) is 4.75. The highest BCUT2D eigenvalue weighted by Crippen LogP contribution is 2.38. The van der Waals surface area contributed by atoms with Crippen molar-refractivity contribution in [2.75, 3.05) is 25.3 Å². The first-order valence-corrected chi connectivity index (χ1v) is 8.31. The highest BCUT2D eigenvalue weighted by atomic mass is 35.5. The number of halogens is 4. The quantitative estimate of drug-likeness (QED) is 0.533. The van der Waals surface area contributed by atoms with Gasteiger partial charge in [0.15, 0.2) is 0 Å². The number of rotatable bonds is 4. The van der Waals surface area contributed by atoms with E-state index < -0.39 is 16.7 Å². The lowest BCUT2D eigenvalue weighted by Crippen LogP contribution is -2.39. The van der Waals surface area contributed by atoms with Crippen molar-refractivity contribution in [3.63, 3.8) is 0 Å². The summed E-state index contributed by atoms with van der Waals surface area (Å²) in [6, 6.07) is 6.72. The van der Waals surface area contributed by atoms with Gasteiger partial charge in [-0.05, 0) is 31.3 Å². The lowest BCUT2D eigenvalue weighted by molar-refractivity contribution is -0.384. The largest absolute Gasteiger partial charge is 0.456 e. The van der Waals surface area contributed by atoms with Crippen LogP contribution in [0.4, 0.5) is 24.5 Å². The van der Waals surface area contributed by atoms with Crippen LogP contribution in [0.5, 0.6) is 11.5 Å². The van der Waals surface area contributed by atoms with Gasteiger partial charge in [-0.1, -0.05) is 11.6 Å². The zero-order chi connectivity index (χ0) is 20.5. The molecule has 0 bridgehead atoms. The zero-order valence-corrected chi connectivity index (χ0v) is 15.2. The number of aliphatic imine (C=N–C) groups is 1. The van der Waals surface area contributed by atoms with Crippen molar-refractivity contribution < 1.29 is 22.8 Å². The Kier molecular flexibility index (Phi) is 5.43. The molecule has 7 nitrogen and oxygen atoms in total. The summed E-state index contributed by atoms with van der Waals surface area (Å²) >= 11 is 5.90. The van der Waals surface area contributed by atoms with Crippen molar-refractivity contribution in [3.8, 4) is 11.5 Å². The van der Waals surface area contributed by atoms with Gasteiger partial charge in [0.2, 0.25) is 0 Å². The standard InChI is InChI=1S/C17H14ClF3N4O3/c1-23-8-22-9-24(10-23)15-7-12(3-4-14(15)25(26)27)28-16-5-2-11(6-13(16)18)17(19,20)21/h2-7,9H,8,10H2,1H3. The van der Waals surface area contributed by atoms with Crippen molar-refractivity contribution in [3.05, 3.63) is 57.1 Å². The summed E-state index contributed by atoms with van der Waals surface area (Å²) in [4.78, 5) is 18.3. The molecule has 2 aromatic rings. The van der Waals surface area contributed by atoms with Crippen LogP contribution in [0.15, 0.2) is 41.4 Å². The second-order valence-electron chi connectivity index (χ2n) is 6.06. The molecule has 148 valence electrons. The third kappa shape index (κ3) is 4.34. The fraction of sp³-hybridized carbons (Fsp3) is 0.235. The van der Waals surface area contributed by atoms with Gasteiger partial charge in [-0.2, -0.15) is 13.2 Å². The molecule has 11 heteroatoms. The van der Waals surface area contributed by atoms with E-state index in [2.05, 4.69) is 4.99 Å². The van der Waals surface area contributed by atoms with E-state index in [4.69, 9.17) is 16.3 Å². The first kappa shape index (κ1) is 19.9. The van der Waals surface area contributed by atoms with Crippen LogP contribution in [0.1, 0.15) is 5.56 Å². The maximum absolute atomic E-state index is 12.8. The van der Waals surface area contributed by atoms with Crippen LogP contribution < -0.4 is 9.64 Å². The Hall–Kier alpha value is -2.85.